The number of carbonyl (C=O) groups is 1. The van der Waals surface area contributed by atoms with Crippen LogP contribution in [0.2, 0.25) is 0 Å². The maximum absolute atomic E-state index is 11.9. The van der Waals surface area contributed by atoms with Gasteiger partial charge >= 0.3 is 0 Å². The topological polar surface area (TPSA) is 66.3 Å². The van der Waals surface area contributed by atoms with Crippen LogP contribution in [0.15, 0.2) is 6.20 Å². The molecule has 2 heterocycles. The highest BCUT2D eigenvalue weighted by Crippen LogP contribution is 2.24. The van der Waals surface area contributed by atoms with Crippen LogP contribution in [0.1, 0.15) is 50.0 Å². The largest absolute Gasteiger partial charge is 0.348 e. The van der Waals surface area contributed by atoms with Crippen LogP contribution in [-0.2, 0) is 6.54 Å². The molecule has 0 bridgehead atoms. The van der Waals surface area contributed by atoms with E-state index in [-0.39, 0.29) is 11.9 Å². The highest BCUT2D eigenvalue weighted by Gasteiger charge is 2.25. The van der Waals surface area contributed by atoms with Crippen LogP contribution in [-0.4, -0.2) is 75.5 Å². The van der Waals surface area contributed by atoms with Crippen molar-refractivity contribution in [3.63, 3.8) is 0 Å². The molecule has 1 aliphatic heterocycles. The Hall–Kier alpha value is -1.47. The number of nitrogens with one attached hydrogen (secondary N) is 1. The van der Waals surface area contributed by atoms with E-state index < -0.39 is 0 Å². The summed E-state index contributed by atoms with van der Waals surface area (Å²) in [6, 6.07) is 0.948. The first-order valence-corrected chi connectivity index (χ1v) is 9.29. The number of hydrogen-bond acceptors (Lipinski definition) is 5. The van der Waals surface area contributed by atoms with Crippen LogP contribution >= 0.6 is 0 Å². The third-order valence-corrected chi connectivity index (χ3v) is 5.08. The second kappa shape index (κ2) is 8.07. The van der Waals surface area contributed by atoms with Crippen molar-refractivity contribution in [3.8, 4) is 0 Å². The van der Waals surface area contributed by atoms with Crippen molar-refractivity contribution in [1.82, 2.24) is 30.1 Å². The molecular formula is C17H30N6O. The monoisotopic (exact) mass is 334 g/mol. The maximum Gasteiger partial charge on any atom is 0.273 e. The lowest BCUT2D eigenvalue weighted by Gasteiger charge is -2.38. The van der Waals surface area contributed by atoms with Gasteiger partial charge in [0.15, 0.2) is 5.69 Å². The molecule has 1 aromatic heterocycles. The van der Waals surface area contributed by atoms with Crippen molar-refractivity contribution in [2.45, 2.75) is 58.2 Å². The van der Waals surface area contributed by atoms with Crippen LogP contribution in [0.25, 0.3) is 0 Å². The summed E-state index contributed by atoms with van der Waals surface area (Å²) in [6.07, 6.45) is 7.33. The number of rotatable bonds is 6. The molecule has 2 aliphatic rings. The Morgan fingerprint density at radius 1 is 1.21 bits per heavy atom. The lowest BCUT2D eigenvalue weighted by molar-refractivity contribution is 0.0937. The standard InChI is InChI=1S/C17H30N6O/c1-14(2)18-17(24)16-13-23(20-19-16)12-9-21-7-10-22(11-8-21)15-5-3-4-6-15/h13-15H,3-12H2,1-2H3,(H,18,24). The van der Waals surface area contributed by atoms with Gasteiger partial charge in [0.05, 0.1) is 12.7 Å². The van der Waals surface area contributed by atoms with Gasteiger partial charge in [-0.2, -0.15) is 0 Å². The summed E-state index contributed by atoms with van der Waals surface area (Å²) in [5, 5.41) is 10.9. The number of amides is 1. The fourth-order valence-corrected chi connectivity index (χ4v) is 3.71. The zero-order valence-electron chi connectivity index (χ0n) is 14.9. The van der Waals surface area contributed by atoms with E-state index in [1.165, 1.54) is 38.8 Å². The molecule has 0 atom stereocenters. The lowest BCUT2D eigenvalue weighted by atomic mass is 10.2. The number of nitrogens with zero attached hydrogens (tertiary/aromatic N) is 5. The molecule has 2 fully saturated rings. The SMILES string of the molecule is CC(C)NC(=O)c1cn(CCN2CCN(C3CCCC3)CC2)nn1. The highest BCUT2D eigenvalue weighted by molar-refractivity contribution is 5.91. The van der Waals surface area contributed by atoms with Crippen LogP contribution < -0.4 is 5.32 Å². The number of carbonyl (C=O) groups excluding carboxylic acids is 1. The van der Waals surface area contributed by atoms with Gasteiger partial charge in [0.2, 0.25) is 0 Å². The van der Waals surface area contributed by atoms with E-state index in [4.69, 9.17) is 0 Å². The third-order valence-electron chi connectivity index (χ3n) is 5.08. The van der Waals surface area contributed by atoms with Crippen molar-refractivity contribution < 1.29 is 4.79 Å². The Morgan fingerprint density at radius 3 is 2.58 bits per heavy atom. The van der Waals surface area contributed by atoms with Crippen LogP contribution in [0.5, 0.6) is 0 Å². The van der Waals surface area contributed by atoms with Crippen molar-refractivity contribution in [2.75, 3.05) is 32.7 Å². The number of piperazine rings is 1. The normalized spacial score (nSPS) is 20.8. The van der Waals surface area contributed by atoms with Gasteiger partial charge in [0.25, 0.3) is 5.91 Å². The molecule has 3 rings (SSSR count). The van der Waals surface area contributed by atoms with E-state index in [0.29, 0.717) is 5.69 Å². The summed E-state index contributed by atoms with van der Waals surface area (Å²) >= 11 is 0. The molecule has 24 heavy (non-hydrogen) atoms. The molecule has 0 spiro atoms. The van der Waals surface area contributed by atoms with E-state index in [9.17, 15) is 4.79 Å². The molecule has 134 valence electrons. The summed E-state index contributed by atoms with van der Waals surface area (Å²) in [5.74, 6) is -0.151. The molecule has 0 aromatic carbocycles. The van der Waals surface area contributed by atoms with Crippen LogP contribution in [0, 0.1) is 0 Å². The van der Waals surface area contributed by atoms with E-state index in [1.54, 1.807) is 10.9 Å². The van der Waals surface area contributed by atoms with Gasteiger partial charge in [-0.3, -0.25) is 19.3 Å². The third kappa shape index (κ3) is 4.54. The molecular weight excluding hydrogens is 304 g/mol. The van der Waals surface area contributed by atoms with Gasteiger partial charge in [-0.25, -0.2) is 0 Å². The number of aromatic nitrogens is 3. The summed E-state index contributed by atoms with van der Waals surface area (Å²) < 4.78 is 1.78. The van der Waals surface area contributed by atoms with Gasteiger partial charge < -0.3 is 5.32 Å². The Labute approximate surface area is 144 Å². The first-order chi connectivity index (χ1) is 11.6. The summed E-state index contributed by atoms with van der Waals surface area (Å²) in [4.78, 5) is 17.1. The first kappa shape index (κ1) is 17.4. The fraction of sp³-hybridized carbons (Fsp3) is 0.824. The molecule has 1 saturated carbocycles. The second-order valence-corrected chi connectivity index (χ2v) is 7.31. The second-order valence-electron chi connectivity index (χ2n) is 7.31. The van der Waals surface area contributed by atoms with Crippen molar-refractivity contribution >= 4 is 5.91 Å². The van der Waals surface area contributed by atoms with Crippen molar-refractivity contribution in [1.29, 1.82) is 0 Å². The van der Waals surface area contributed by atoms with E-state index in [1.807, 2.05) is 13.8 Å². The minimum Gasteiger partial charge on any atom is -0.348 e. The molecule has 1 N–H and O–H groups in total. The van der Waals surface area contributed by atoms with E-state index >= 15 is 0 Å². The number of hydrogen-bond donors (Lipinski definition) is 1. The minimum absolute atomic E-state index is 0.110. The van der Waals surface area contributed by atoms with Gasteiger partial charge in [-0.1, -0.05) is 18.1 Å². The van der Waals surface area contributed by atoms with Crippen molar-refractivity contribution in [2.24, 2.45) is 0 Å². The maximum atomic E-state index is 11.9. The molecule has 1 amide bonds. The summed E-state index contributed by atoms with van der Waals surface area (Å²) in [6.45, 7) is 10.3. The predicted octanol–water partition coefficient (Wildman–Crippen LogP) is 0.977. The Bertz CT molecular complexity index is 529. The zero-order chi connectivity index (χ0) is 16.9. The smallest absolute Gasteiger partial charge is 0.273 e. The van der Waals surface area contributed by atoms with Gasteiger partial charge in [-0.05, 0) is 26.7 Å². The molecule has 1 aromatic rings. The molecule has 1 aliphatic carbocycles. The quantitative estimate of drug-likeness (QED) is 0.840. The average molecular weight is 334 g/mol. The highest BCUT2D eigenvalue weighted by atomic mass is 16.2. The van der Waals surface area contributed by atoms with Crippen molar-refractivity contribution in [3.05, 3.63) is 11.9 Å². The minimum atomic E-state index is -0.151. The average Bonchev–Trinajstić information content (AvgIpc) is 3.25. The summed E-state index contributed by atoms with van der Waals surface area (Å²) in [5.41, 5.74) is 0.398. The molecule has 0 radical (unpaired) electrons. The van der Waals surface area contributed by atoms with Crippen LogP contribution in [0.3, 0.4) is 0 Å². The first-order valence-electron chi connectivity index (χ1n) is 9.29. The van der Waals surface area contributed by atoms with E-state index in [0.717, 1.165) is 32.2 Å². The zero-order valence-corrected chi connectivity index (χ0v) is 14.9. The van der Waals surface area contributed by atoms with E-state index in [2.05, 4.69) is 25.4 Å². The molecule has 0 unspecified atom stereocenters. The van der Waals surface area contributed by atoms with Gasteiger partial charge in [0, 0.05) is 44.8 Å². The Morgan fingerprint density at radius 2 is 1.92 bits per heavy atom. The molecule has 7 heteroatoms. The summed E-state index contributed by atoms with van der Waals surface area (Å²) in [7, 11) is 0. The van der Waals surface area contributed by atoms with Crippen LogP contribution in [0.4, 0.5) is 0 Å². The Kier molecular flexibility index (Phi) is 5.84. The fourth-order valence-electron chi connectivity index (χ4n) is 3.71. The Balaban J connectivity index is 1.40. The molecule has 1 saturated heterocycles. The van der Waals surface area contributed by atoms with Gasteiger partial charge in [-0.15, -0.1) is 5.10 Å². The molecule has 7 nitrogen and oxygen atoms in total. The lowest BCUT2D eigenvalue weighted by Crippen LogP contribution is -2.50. The predicted molar refractivity (Wildman–Crippen MR) is 92.9 cm³/mol. The van der Waals surface area contributed by atoms with Gasteiger partial charge in [0.1, 0.15) is 0 Å².